The third-order valence-corrected chi connectivity index (χ3v) is 4.77. The van der Waals surface area contributed by atoms with Gasteiger partial charge in [-0.05, 0) is 68.5 Å². The van der Waals surface area contributed by atoms with Crippen molar-refractivity contribution in [3.63, 3.8) is 0 Å². The monoisotopic (exact) mass is 395 g/mol. The predicted octanol–water partition coefficient (Wildman–Crippen LogP) is 2.53. The second-order valence-electron chi connectivity index (χ2n) is 6.44. The number of aliphatic imine (C=N–C) groups is 1. The molecule has 1 aliphatic heterocycles. The molecule has 0 aliphatic carbocycles. The van der Waals surface area contributed by atoms with Crippen molar-refractivity contribution in [1.29, 1.82) is 0 Å². The number of guanidine groups is 1. The molecule has 1 aromatic rings. The van der Waals surface area contributed by atoms with E-state index in [-0.39, 0.29) is 0 Å². The maximum atomic E-state index is 4.70. The second kappa shape index (κ2) is 9.89. The highest BCUT2D eigenvalue weighted by atomic mass is 79.9. The standard InChI is InChI=1S/C18H30BrN5/c1-4-20-18(21-11-7-12-23(2)3)22-15-10-13-24(14-15)17-9-6-5-8-16(17)19/h5-6,8-9,15H,4,7,10-14H2,1-3H3,(H2,20,21,22). The van der Waals surface area contributed by atoms with Crippen LogP contribution in [-0.4, -0.2) is 63.7 Å². The highest BCUT2D eigenvalue weighted by molar-refractivity contribution is 9.10. The van der Waals surface area contributed by atoms with Gasteiger partial charge in [0.25, 0.3) is 0 Å². The van der Waals surface area contributed by atoms with E-state index < -0.39 is 0 Å². The molecule has 2 rings (SSSR count). The summed E-state index contributed by atoms with van der Waals surface area (Å²) in [5.41, 5.74) is 1.27. The van der Waals surface area contributed by atoms with Crippen LogP contribution in [0.25, 0.3) is 0 Å². The number of anilines is 1. The largest absolute Gasteiger partial charge is 0.368 e. The van der Waals surface area contributed by atoms with E-state index in [4.69, 9.17) is 4.99 Å². The van der Waals surface area contributed by atoms with Gasteiger partial charge in [-0.1, -0.05) is 12.1 Å². The van der Waals surface area contributed by atoms with Crippen molar-refractivity contribution in [2.45, 2.75) is 25.8 Å². The Kier molecular flexibility index (Phi) is 7.85. The molecule has 0 spiro atoms. The van der Waals surface area contributed by atoms with E-state index >= 15 is 0 Å². The smallest absolute Gasteiger partial charge is 0.191 e. The number of rotatable bonds is 7. The number of benzene rings is 1. The fourth-order valence-corrected chi connectivity index (χ4v) is 3.43. The van der Waals surface area contributed by atoms with Crippen LogP contribution in [0, 0.1) is 0 Å². The van der Waals surface area contributed by atoms with Gasteiger partial charge >= 0.3 is 0 Å². The Labute approximate surface area is 154 Å². The lowest BCUT2D eigenvalue weighted by atomic mass is 10.2. The Bertz CT molecular complexity index is 532. The maximum absolute atomic E-state index is 4.70. The quantitative estimate of drug-likeness (QED) is 0.422. The molecule has 2 N–H and O–H groups in total. The van der Waals surface area contributed by atoms with Gasteiger partial charge in [-0.3, -0.25) is 4.99 Å². The third-order valence-electron chi connectivity index (χ3n) is 4.10. The lowest BCUT2D eigenvalue weighted by Crippen LogP contribution is -2.44. The van der Waals surface area contributed by atoms with E-state index in [2.05, 4.69) is 81.6 Å². The average molecular weight is 396 g/mol. The van der Waals surface area contributed by atoms with Gasteiger partial charge in [0.05, 0.1) is 5.69 Å². The summed E-state index contributed by atoms with van der Waals surface area (Å²) in [5, 5.41) is 6.95. The molecule has 1 heterocycles. The summed E-state index contributed by atoms with van der Waals surface area (Å²) in [4.78, 5) is 9.33. The van der Waals surface area contributed by atoms with Gasteiger partial charge in [-0.15, -0.1) is 0 Å². The highest BCUT2D eigenvalue weighted by Crippen LogP contribution is 2.28. The number of nitrogens with one attached hydrogen (secondary N) is 2. The number of hydrogen-bond acceptors (Lipinski definition) is 3. The van der Waals surface area contributed by atoms with Crippen molar-refractivity contribution in [1.82, 2.24) is 15.5 Å². The first-order valence-corrected chi connectivity index (χ1v) is 9.58. The van der Waals surface area contributed by atoms with Crippen LogP contribution >= 0.6 is 15.9 Å². The fourth-order valence-electron chi connectivity index (χ4n) is 2.90. The van der Waals surface area contributed by atoms with Gasteiger partial charge in [-0.2, -0.15) is 0 Å². The molecule has 5 nitrogen and oxygen atoms in total. The summed E-state index contributed by atoms with van der Waals surface area (Å²) >= 11 is 3.65. The number of nitrogens with zero attached hydrogens (tertiary/aromatic N) is 3. The van der Waals surface area contributed by atoms with Gasteiger partial charge in [-0.25, -0.2) is 0 Å². The summed E-state index contributed by atoms with van der Waals surface area (Å²) in [7, 11) is 4.20. The van der Waals surface area contributed by atoms with Crippen molar-refractivity contribution in [3.05, 3.63) is 28.7 Å². The molecular weight excluding hydrogens is 366 g/mol. The molecule has 6 heteroatoms. The van der Waals surface area contributed by atoms with Gasteiger partial charge in [0, 0.05) is 36.7 Å². The van der Waals surface area contributed by atoms with Gasteiger partial charge in [0.1, 0.15) is 0 Å². The van der Waals surface area contributed by atoms with Crippen molar-refractivity contribution in [2.24, 2.45) is 4.99 Å². The number of halogens is 1. The van der Waals surface area contributed by atoms with Crippen LogP contribution in [0.1, 0.15) is 19.8 Å². The Morgan fingerprint density at radius 2 is 2.17 bits per heavy atom. The molecule has 1 fully saturated rings. The summed E-state index contributed by atoms with van der Waals surface area (Å²) in [6.45, 7) is 7.00. The van der Waals surface area contributed by atoms with E-state index in [0.717, 1.165) is 56.0 Å². The van der Waals surface area contributed by atoms with Crippen LogP contribution in [-0.2, 0) is 0 Å². The number of hydrogen-bond donors (Lipinski definition) is 2. The molecule has 1 saturated heterocycles. The van der Waals surface area contributed by atoms with Gasteiger partial charge in [0.2, 0.25) is 0 Å². The Hall–Kier alpha value is -1.27. The molecule has 0 bridgehead atoms. The molecule has 1 atom stereocenters. The molecule has 1 aliphatic rings. The molecule has 0 saturated carbocycles. The lowest BCUT2D eigenvalue weighted by Gasteiger charge is -2.21. The maximum Gasteiger partial charge on any atom is 0.191 e. The highest BCUT2D eigenvalue weighted by Gasteiger charge is 2.24. The summed E-state index contributed by atoms with van der Waals surface area (Å²) in [5.74, 6) is 0.940. The van der Waals surface area contributed by atoms with Crippen LogP contribution in [0.15, 0.2) is 33.7 Å². The first kappa shape index (κ1) is 19.1. The molecule has 134 valence electrons. The van der Waals surface area contributed by atoms with Crippen LogP contribution < -0.4 is 15.5 Å². The number of para-hydroxylation sites is 1. The van der Waals surface area contributed by atoms with Gasteiger partial charge in [0.15, 0.2) is 5.96 Å². The van der Waals surface area contributed by atoms with Gasteiger partial charge < -0.3 is 20.4 Å². The predicted molar refractivity (Wildman–Crippen MR) is 107 cm³/mol. The van der Waals surface area contributed by atoms with E-state index in [0.29, 0.717) is 6.04 Å². The minimum absolute atomic E-state index is 0.434. The van der Waals surface area contributed by atoms with E-state index in [1.807, 2.05) is 0 Å². The first-order chi connectivity index (χ1) is 11.6. The fraction of sp³-hybridized carbons (Fsp3) is 0.611. The summed E-state index contributed by atoms with van der Waals surface area (Å²) in [6.07, 6.45) is 2.21. The topological polar surface area (TPSA) is 42.9 Å². The SMILES string of the molecule is CCNC(=NCCCN(C)C)NC1CCN(c2ccccc2Br)C1. The van der Waals surface area contributed by atoms with Crippen LogP contribution in [0.3, 0.4) is 0 Å². The van der Waals surface area contributed by atoms with E-state index in [1.54, 1.807) is 0 Å². The summed E-state index contributed by atoms with van der Waals surface area (Å²) < 4.78 is 1.16. The van der Waals surface area contributed by atoms with Crippen molar-refractivity contribution < 1.29 is 0 Å². The van der Waals surface area contributed by atoms with Crippen molar-refractivity contribution >= 4 is 27.6 Å². The average Bonchev–Trinajstić information content (AvgIpc) is 3.00. The van der Waals surface area contributed by atoms with E-state index in [1.165, 1.54) is 5.69 Å². The zero-order valence-corrected chi connectivity index (χ0v) is 16.6. The van der Waals surface area contributed by atoms with E-state index in [9.17, 15) is 0 Å². The summed E-state index contributed by atoms with van der Waals surface area (Å²) in [6, 6.07) is 8.86. The molecule has 0 amide bonds. The second-order valence-corrected chi connectivity index (χ2v) is 7.30. The molecule has 1 unspecified atom stereocenters. The Morgan fingerprint density at radius 1 is 1.38 bits per heavy atom. The van der Waals surface area contributed by atoms with Crippen LogP contribution in [0.5, 0.6) is 0 Å². The van der Waals surface area contributed by atoms with Crippen LogP contribution in [0.2, 0.25) is 0 Å². The molecular formula is C18H30BrN5. The first-order valence-electron chi connectivity index (χ1n) is 8.79. The minimum Gasteiger partial charge on any atom is -0.368 e. The minimum atomic E-state index is 0.434. The van der Waals surface area contributed by atoms with Crippen molar-refractivity contribution in [3.8, 4) is 0 Å². The normalized spacial score (nSPS) is 18.3. The zero-order chi connectivity index (χ0) is 17.4. The molecule has 0 radical (unpaired) electrons. The van der Waals surface area contributed by atoms with Crippen molar-refractivity contribution in [2.75, 3.05) is 51.7 Å². The Balaban J connectivity index is 1.87. The molecule has 24 heavy (non-hydrogen) atoms. The zero-order valence-electron chi connectivity index (χ0n) is 15.1. The van der Waals surface area contributed by atoms with Crippen LogP contribution in [0.4, 0.5) is 5.69 Å². The molecule has 0 aromatic heterocycles. The third kappa shape index (κ3) is 5.98. The lowest BCUT2D eigenvalue weighted by molar-refractivity contribution is 0.403. The molecule has 1 aromatic carbocycles. The Morgan fingerprint density at radius 3 is 2.88 bits per heavy atom.